The minimum atomic E-state index is -4.00. The van der Waals surface area contributed by atoms with Gasteiger partial charge in [0.05, 0.1) is 40.5 Å². The lowest BCUT2D eigenvalue weighted by Gasteiger charge is -2.12. The number of nitrogens with zero attached hydrogens (tertiary/aromatic N) is 1. The molecule has 9 nitrogen and oxygen atoms in total. The van der Waals surface area contributed by atoms with Gasteiger partial charge in [-0.3, -0.25) is 19.3 Å². The third-order valence-corrected chi connectivity index (χ3v) is 5.97. The molecule has 0 atom stereocenters. The smallest absolute Gasteiger partial charge is 0.261 e. The molecule has 33 heavy (non-hydrogen) atoms. The SMILES string of the molecule is CCOc1ccc(NS(=O)(=O)c2ccc(Cl)c(C(=O)NCC(=O)Nc3cccnc3)c2)cc1. The Kier molecular flexibility index (Phi) is 7.86. The molecule has 2 amide bonds. The summed E-state index contributed by atoms with van der Waals surface area (Å²) in [5, 5.41) is 5.04. The number of carbonyl (C=O) groups excluding carboxylic acids is 2. The van der Waals surface area contributed by atoms with Gasteiger partial charge in [-0.15, -0.1) is 0 Å². The van der Waals surface area contributed by atoms with Crippen LogP contribution < -0.4 is 20.1 Å². The fraction of sp³-hybridized carbons (Fsp3) is 0.136. The van der Waals surface area contributed by atoms with Crippen molar-refractivity contribution >= 4 is 44.8 Å². The zero-order valence-electron chi connectivity index (χ0n) is 17.5. The van der Waals surface area contributed by atoms with Crippen LogP contribution in [-0.4, -0.2) is 38.4 Å². The summed E-state index contributed by atoms with van der Waals surface area (Å²) in [6.45, 7) is 2.00. The first-order valence-corrected chi connectivity index (χ1v) is 11.7. The van der Waals surface area contributed by atoms with Crippen molar-refractivity contribution in [2.24, 2.45) is 0 Å². The normalized spacial score (nSPS) is 10.8. The predicted molar refractivity (Wildman–Crippen MR) is 125 cm³/mol. The Morgan fingerprint density at radius 3 is 2.48 bits per heavy atom. The molecule has 0 saturated heterocycles. The maximum atomic E-state index is 12.8. The van der Waals surface area contributed by atoms with E-state index < -0.39 is 21.8 Å². The van der Waals surface area contributed by atoms with E-state index in [0.29, 0.717) is 23.7 Å². The molecule has 0 aliphatic carbocycles. The zero-order valence-corrected chi connectivity index (χ0v) is 19.1. The van der Waals surface area contributed by atoms with Crippen molar-refractivity contribution in [2.45, 2.75) is 11.8 Å². The number of sulfonamides is 1. The first-order valence-electron chi connectivity index (χ1n) is 9.82. The molecule has 3 rings (SSSR count). The largest absolute Gasteiger partial charge is 0.494 e. The van der Waals surface area contributed by atoms with Crippen molar-refractivity contribution in [3.8, 4) is 5.75 Å². The van der Waals surface area contributed by atoms with Crippen LogP contribution in [0.3, 0.4) is 0 Å². The minimum Gasteiger partial charge on any atom is -0.494 e. The number of amides is 2. The molecule has 0 aliphatic heterocycles. The molecule has 172 valence electrons. The molecule has 11 heteroatoms. The van der Waals surface area contributed by atoms with Crippen LogP contribution in [0.2, 0.25) is 5.02 Å². The minimum absolute atomic E-state index is 0.0418. The number of halogens is 1. The van der Waals surface area contributed by atoms with Gasteiger partial charge in [0, 0.05) is 11.9 Å². The summed E-state index contributed by atoms with van der Waals surface area (Å²) in [7, 11) is -4.00. The molecule has 0 spiro atoms. The monoisotopic (exact) mass is 488 g/mol. The van der Waals surface area contributed by atoms with E-state index in [-0.39, 0.29) is 22.0 Å². The Bertz CT molecular complexity index is 1240. The van der Waals surface area contributed by atoms with E-state index in [9.17, 15) is 18.0 Å². The summed E-state index contributed by atoms with van der Waals surface area (Å²) in [5.41, 5.74) is 0.718. The lowest BCUT2D eigenvalue weighted by atomic mass is 10.2. The molecule has 0 saturated carbocycles. The third kappa shape index (κ3) is 6.67. The average Bonchev–Trinajstić information content (AvgIpc) is 2.79. The van der Waals surface area contributed by atoms with E-state index in [2.05, 4.69) is 20.3 Å². The number of benzene rings is 2. The quantitative estimate of drug-likeness (QED) is 0.424. The highest BCUT2D eigenvalue weighted by molar-refractivity contribution is 7.92. The molecule has 0 unspecified atom stereocenters. The molecule has 1 aromatic heterocycles. The van der Waals surface area contributed by atoms with Crippen molar-refractivity contribution in [2.75, 3.05) is 23.2 Å². The second-order valence-corrected chi connectivity index (χ2v) is 8.77. The highest BCUT2D eigenvalue weighted by Gasteiger charge is 2.19. The number of rotatable bonds is 9. The number of ether oxygens (including phenoxy) is 1. The van der Waals surface area contributed by atoms with Gasteiger partial charge in [0.25, 0.3) is 15.9 Å². The Morgan fingerprint density at radius 1 is 1.06 bits per heavy atom. The van der Waals surface area contributed by atoms with Crippen LogP contribution in [0.15, 0.2) is 71.9 Å². The van der Waals surface area contributed by atoms with Gasteiger partial charge in [-0.2, -0.15) is 0 Å². The van der Waals surface area contributed by atoms with Crippen LogP contribution in [0.5, 0.6) is 5.75 Å². The van der Waals surface area contributed by atoms with E-state index in [4.69, 9.17) is 16.3 Å². The van der Waals surface area contributed by atoms with E-state index in [1.165, 1.54) is 18.3 Å². The van der Waals surface area contributed by atoms with Crippen LogP contribution in [0.25, 0.3) is 0 Å². The van der Waals surface area contributed by atoms with Crippen LogP contribution in [0, 0.1) is 0 Å². The van der Waals surface area contributed by atoms with Gasteiger partial charge in [-0.1, -0.05) is 11.6 Å². The fourth-order valence-corrected chi connectivity index (χ4v) is 4.03. The van der Waals surface area contributed by atoms with Gasteiger partial charge in [-0.25, -0.2) is 8.42 Å². The third-order valence-electron chi connectivity index (χ3n) is 4.27. The van der Waals surface area contributed by atoms with E-state index in [0.717, 1.165) is 6.07 Å². The average molecular weight is 489 g/mol. The second kappa shape index (κ2) is 10.8. The number of carbonyl (C=O) groups is 2. The fourth-order valence-electron chi connectivity index (χ4n) is 2.74. The molecular weight excluding hydrogens is 468 g/mol. The maximum Gasteiger partial charge on any atom is 0.261 e. The van der Waals surface area contributed by atoms with Crippen molar-refractivity contribution in [1.82, 2.24) is 10.3 Å². The van der Waals surface area contributed by atoms with Crippen molar-refractivity contribution in [3.63, 3.8) is 0 Å². The first-order chi connectivity index (χ1) is 15.8. The summed E-state index contributed by atoms with van der Waals surface area (Å²) in [4.78, 5) is 28.3. The van der Waals surface area contributed by atoms with E-state index >= 15 is 0 Å². The number of hydrogen-bond acceptors (Lipinski definition) is 6. The number of hydrogen-bond donors (Lipinski definition) is 3. The molecule has 2 aromatic carbocycles. The van der Waals surface area contributed by atoms with Crippen molar-refractivity contribution < 1.29 is 22.7 Å². The topological polar surface area (TPSA) is 126 Å². The van der Waals surface area contributed by atoms with E-state index in [1.807, 2.05) is 6.92 Å². The molecule has 0 fully saturated rings. The predicted octanol–water partition coefficient (Wildman–Crippen LogP) is 3.30. The molecule has 0 aliphatic rings. The van der Waals surface area contributed by atoms with Gasteiger partial charge in [0.15, 0.2) is 0 Å². The van der Waals surface area contributed by atoms with Gasteiger partial charge in [-0.05, 0) is 61.5 Å². The Balaban J connectivity index is 1.68. The summed E-state index contributed by atoms with van der Waals surface area (Å²) in [6, 6.07) is 13.4. The number of pyridine rings is 1. The van der Waals surface area contributed by atoms with Crippen LogP contribution >= 0.6 is 11.6 Å². The van der Waals surface area contributed by atoms with Crippen molar-refractivity contribution in [1.29, 1.82) is 0 Å². The van der Waals surface area contributed by atoms with Gasteiger partial charge in [0.2, 0.25) is 5.91 Å². The Hall–Kier alpha value is -3.63. The summed E-state index contributed by atoms with van der Waals surface area (Å²) in [5.74, 6) is -0.564. The Morgan fingerprint density at radius 2 is 1.82 bits per heavy atom. The summed E-state index contributed by atoms with van der Waals surface area (Å²) < 4.78 is 33.3. The van der Waals surface area contributed by atoms with Crippen LogP contribution in [0.4, 0.5) is 11.4 Å². The first kappa shape index (κ1) is 24.0. The van der Waals surface area contributed by atoms with Gasteiger partial charge in [0.1, 0.15) is 5.75 Å². The molecule has 3 N–H and O–H groups in total. The molecule has 1 heterocycles. The van der Waals surface area contributed by atoms with Gasteiger partial charge < -0.3 is 15.4 Å². The lowest BCUT2D eigenvalue weighted by molar-refractivity contribution is -0.115. The van der Waals surface area contributed by atoms with Crippen LogP contribution in [-0.2, 0) is 14.8 Å². The highest BCUT2D eigenvalue weighted by atomic mass is 35.5. The number of anilines is 2. The number of nitrogens with one attached hydrogen (secondary N) is 3. The molecule has 0 radical (unpaired) electrons. The lowest BCUT2D eigenvalue weighted by Crippen LogP contribution is -2.33. The van der Waals surface area contributed by atoms with E-state index in [1.54, 1.807) is 42.6 Å². The zero-order chi connectivity index (χ0) is 23.8. The number of aromatic nitrogens is 1. The van der Waals surface area contributed by atoms with Crippen molar-refractivity contribution in [3.05, 3.63) is 77.6 Å². The summed E-state index contributed by atoms with van der Waals surface area (Å²) in [6.07, 6.45) is 3.02. The van der Waals surface area contributed by atoms with Gasteiger partial charge >= 0.3 is 0 Å². The Labute approximate surface area is 196 Å². The highest BCUT2D eigenvalue weighted by Crippen LogP contribution is 2.23. The molecule has 0 bridgehead atoms. The standard InChI is InChI=1S/C22H21ClN4O5S/c1-2-32-17-7-5-15(6-8-17)27-33(30,31)18-9-10-20(23)19(12-18)22(29)25-14-21(28)26-16-4-3-11-24-13-16/h3-13,27H,2,14H2,1H3,(H,25,29)(H,26,28). The second-order valence-electron chi connectivity index (χ2n) is 6.68. The maximum absolute atomic E-state index is 12.8. The molecule has 3 aromatic rings. The summed E-state index contributed by atoms with van der Waals surface area (Å²) >= 11 is 6.09. The van der Waals surface area contributed by atoms with Crippen LogP contribution in [0.1, 0.15) is 17.3 Å². The molecular formula is C22H21ClN4O5S.